The quantitative estimate of drug-likeness (QED) is 0.591. The van der Waals surface area contributed by atoms with Gasteiger partial charge in [-0.2, -0.15) is 0 Å². The summed E-state index contributed by atoms with van der Waals surface area (Å²) in [6.07, 6.45) is 0.0946. The fourth-order valence-electron chi connectivity index (χ4n) is 2.33. The van der Waals surface area contributed by atoms with Gasteiger partial charge in [0.2, 0.25) is 0 Å². The summed E-state index contributed by atoms with van der Waals surface area (Å²) in [4.78, 5) is 4.25. The maximum atomic E-state index is 5.55. The van der Waals surface area contributed by atoms with Crippen LogP contribution in [0.3, 0.4) is 0 Å². The van der Waals surface area contributed by atoms with Crippen molar-refractivity contribution in [2.45, 2.75) is 33.4 Å². The molecule has 1 unspecified atom stereocenters. The van der Waals surface area contributed by atoms with Crippen LogP contribution in [0.4, 0.5) is 0 Å². The van der Waals surface area contributed by atoms with E-state index in [-0.39, 0.29) is 11.5 Å². The van der Waals surface area contributed by atoms with Gasteiger partial charge >= 0.3 is 0 Å². The first-order chi connectivity index (χ1) is 11.3. The second-order valence-corrected chi connectivity index (χ2v) is 6.59. The average Bonchev–Trinajstić information content (AvgIpc) is 2.56. The van der Waals surface area contributed by atoms with Crippen LogP contribution in [0.1, 0.15) is 26.3 Å². The van der Waals surface area contributed by atoms with Crippen LogP contribution in [0.5, 0.6) is 11.5 Å². The highest BCUT2D eigenvalue weighted by Gasteiger charge is 2.24. The summed E-state index contributed by atoms with van der Waals surface area (Å²) in [7, 11) is 6.75. The molecule has 0 aliphatic rings. The molecule has 0 radical (unpaired) electrons. The summed E-state index contributed by atoms with van der Waals surface area (Å²) >= 11 is 0. The number of ether oxygens (including phenoxy) is 3. The molecule has 0 heterocycles. The Morgan fingerprint density at radius 3 is 2.25 bits per heavy atom. The zero-order valence-corrected chi connectivity index (χ0v) is 15.9. The van der Waals surface area contributed by atoms with Crippen LogP contribution in [0.2, 0.25) is 0 Å². The Balaban J connectivity index is 2.61. The zero-order chi connectivity index (χ0) is 18.2. The third kappa shape index (κ3) is 5.92. The molecule has 0 fully saturated rings. The number of rotatable bonds is 7. The first kappa shape index (κ1) is 20.1. The van der Waals surface area contributed by atoms with Gasteiger partial charge in [-0.15, -0.1) is 0 Å². The third-order valence-electron chi connectivity index (χ3n) is 3.84. The summed E-state index contributed by atoms with van der Waals surface area (Å²) < 4.78 is 16.1. The van der Waals surface area contributed by atoms with Gasteiger partial charge < -0.3 is 24.8 Å². The number of aliphatic imine (C=N–C) groups is 1. The third-order valence-corrected chi connectivity index (χ3v) is 3.84. The molecule has 0 saturated heterocycles. The van der Waals surface area contributed by atoms with E-state index in [0.717, 1.165) is 17.3 Å². The van der Waals surface area contributed by atoms with Crippen LogP contribution in [-0.4, -0.2) is 47.0 Å². The Kier molecular flexibility index (Phi) is 7.85. The van der Waals surface area contributed by atoms with E-state index in [1.807, 2.05) is 18.2 Å². The van der Waals surface area contributed by atoms with Crippen molar-refractivity contribution < 1.29 is 14.2 Å². The van der Waals surface area contributed by atoms with Crippen LogP contribution in [-0.2, 0) is 11.3 Å². The molecule has 6 heteroatoms. The van der Waals surface area contributed by atoms with Crippen LogP contribution in [0.15, 0.2) is 23.2 Å². The number of hydrogen-bond acceptors (Lipinski definition) is 4. The van der Waals surface area contributed by atoms with Gasteiger partial charge in [0, 0.05) is 27.2 Å². The van der Waals surface area contributed by atoms with E-state index in [0.29, 0.717) is 18.8 Å². The molecule has 0 bridgehead atoms. The zero-order valence-electron chi connectivity index (χ0n) is 15.9. The molecule has 0 amide bonds. The van der Waals surface area contributed by atoms with E-state index in [9.17, 15) is 0 Å². The number of guanidine groups is 1. The number of nitrogens with zero attached hydrogens (tertiary/aromatic N) is 1. The van der Waals surface area contributed by atoms with Crippen molar-refractivity contribution >= 4 is 5.96 Å². The van der Waals surface area contributed by atoms with Crippen LogP contribution < -0.4 is 20.1 Å². The molecule has 0 aliphatic heterocycles. The number of nitrogens with one attached hydrogen (secondary N) is 2. The average molecular weight is 337 g/mol. The first-order valence-corrected chi connectivity index (χ1v) is 8.04. The predicted octanol–water partition coefficient (Wildman–Crippen LogP) is 2.43. The Labute approximate surface area is 145 Å². The lowest BCUT2D eigenvalue weighted by atomic mass is 9.89. The molecular weight excluding hydrogens is 306 g/mol. The van der Waals surface area contributed by atoms with Crippen molar-refractivity contribution in [3.8, 4) is 11.5 Å². The fraction of sp³-hybridized carbons (Fsp3) is 0.611. The summed E-state index contributed by atoms with van der Waals surface area (Å²) in [5.41, 5.74) is 1.14. The highest BCUT2D eigenvalue weighted by molar-refractivity contribution is 5.79. The predicted molar refractivity (Wildman–Crippen MR) is 98.0 cm³/mol. The molecule has 136 valence electrons. The molecule has 2 N–H and O–H groups in total. The van der Waals surface area contributed by atoms with Gasteiger partial charge in [0.25, 0.3) is 0 Å². The van der Waals surface area contributed by atoms with E-state index >= 15 is 0 Å². The number of benzene rings is 1. The minimum absolute atomic E-state index is 0.0595. The Morgan fingerprint density at radius 1 is 1.08 bits per heavy atom. The van der Waals surface area contributed by atoms with Gasteiger partial charge in [-0.3, -0.25) is 4.99 Å². The van der Waals surface area contributed by atoms with Crippen molar-refractivity contribution in [3.63, 3.8) is 0 Å². The molecule has 0 aliphatic carbocycles. The van der Waals surface area contributed by atoms with Gasteiger partial charge in [0.15, 0.2) is 17.5 Å². The highest BCUT2D eigenvalue weighted by atomic mass is 16.5. The maximum absolute atomic E-state index is 5.55. The molecule has 1 rings (SSSR count). The monoisotopic (exact) mass is 337 g/mol. The van der Waals surface area contributed by atoms with E-state index in [2.05, 4.69) is 36.4 Å². The minimum Gasteiger partial charge on any atom is -0.493 e. The summed E-state index contributed by atoms with van der Waals surface area (Å²) in [6, 6.07) is 5.84. The SMILES string of the molecule is CN=C(NCc1ccc(OC)c(OC)c1)NCC(OC)C(C)(C)C. The second-order valence-electron chi connectivity index (χ2n) is 6.59. The van der Waals surface area contributed by atoms with Gasteiger partial charge in [-0.05, 0) is 23.1 Å². The lowest BCUT2D eigenvalue weighted by Crippen LogP contribution is -2.45. The lowest BCUT2D eigenvalue weighted by Gasteiger charge is -2.30. The Hall–Kier alpha value is -1.95. The van der Waals surface area contributed by atoms with Gasteiger partial charge in [0.05, 0.1) is 20.3 Å². The van der Waals surface area contributed by atoms with E-state index < -0.39 is 0 Å². The van der Waals surface area contributed by atoms with Crippen molar-refractivity contribution in [1.29, 1.82) is 0 Å². The molecule has 0 aromatic heterocycles. The highest BCUT2D eigenvalue weighted by Crippen LogP contribution is 2.27. The smallest absolute Gasteiger partial charge is 0.191 e. The largest absolute Gasteiger partial charge is 0.493 e. The molecule has 1 atom stereocenters. The molecule has 6 nitrogen and oxygen atoms in total. The van der Waals surface area contributed by atoms with E-state index in [4.69, 9.17) is 14.2 Å². The van der Waals surface area contributed by atoms with Crippen LogP contribution in [0.25, 0.3) is 0 Å². The molecular formula is C18H31N3O3. The fourth-order valence-corrected chi connectivity index (χ4v) is 2.33. The van der Waals surface area contributed by atoms with Crippen LogP contribution in [0, 0.1) is 5.41 Å². The molecule has 1 aromatic carbocycles. The number of hydrogen-bond donors (Lipinski definition) is 2. The van der Waals surface area contributed by atoms with Crippen molar-refractivity contribution in [3.05, 3.63) is 23.8 Å². The normalized spacial score (nSPS) is 13.4. The van der Waals surface area contributed by atoms with E-state index in [1.54, 1.807) is 28.4 Å². The lowest BCUT2D eigenvalue weighted by molar-refractivity contribution is 0.0205. The second kappa shape index (κ2) is 9.37. The van der Waals surface area contributed by atoms with Gasteiger partial charge in [0.1, 0.15) is 0 Å². The Morgan fingerprint density at radius 2 is 1.75 bits per heavy atom. The topological polar surface area (TPSA) is 64.1 Å². The molecule has 24 heavy (non-hydrogen) atoms. The van der Waals surface area contributed by atoms with Crippen molar-refractivity contribution in [2.75, 3.05) is 34.9 Å². The molecule has 1 aromatic rings. The molecule has 0 saturated carbocycles. The van der Waals surface area contributed by atoms with Crippen molar-refractivity contribution in [1.82, 2.24) is 10.6 Å². The Bertz CT molecular complexity index is 539. The first-order valence-electron chi connectivity index (χ1n) is 8.04. The standard InChI is InChI=1S/C18H31N3O3/c1-18(2,3)16(24-7)12-21-17(19-4)20-11-13-8-9-14(22-5)15(10-13)23-6/h8-10,16H,11-12H2,1-7H3,(H2,19,20,21). The summed E-state index contributed by atoms with van der Waals surface area (Å²) in [5.74, 6) is 2.17. The summed E-state index contributed by atoms with van der Waals surface area (Å²) in [6.45, 7) is 7.78. The summed E-state index contributed by atoms with van der Waals surface area (Å²) in [5, 5.41) is 6.60. The van der Waals surface area contributed by atoms with E-state index in [1.165, 1.54) is 0 Å². The van der Waals surface area contributed by atoms with Gasteiger partial charge in [-0.1, -0.05) is 26.8 Å². The van der Waals surface area contributed by atoms with Crippen LogP contribution >= 0.6 is 0 Å². The molecule has 0 spiro atoms. The van der Waals surface area contributed by atoms with Gasteiger partial charge in [-0.25, -0.2) is 0 Å². The number of methoxy groups -OCH3 is 3. The maximum Gasteiger partial charge on any atom is 0.191 e. The minimum atomic E-state index is 0.0595. The van der Waals surface area contributed by atoms with Crippen molar-refractivity contribution in [2.24, 2.45) is 10.4 Å².